The monoisotopic (exact) mass is 431 g/mol. The molecule has 0 spiro atoms. The molecule has 0 aliphatic rings. The van der Waals surface area contributed by atoms with Gasteiger partial charge in [-0.1, -0.05) is 36.0 Å². The molecule has 0 amide bonds. The van der Waals surface area contributed by atoms with Gasteiger partial charge < -0.3 is 9.88 Å². The van der Waals surface area contributed by atoms with Gasteiger partial charge >= 0.3 is 6.18 Å². The molecule has 0 aliphatic carbocycles. The van der Waals surface area contributed by atoms with Crippen LogP contribution < -0.4 is 10.5 Å². The van der Waals surface area contributed by atoms with E-state index in [1.165, 1.54) is 16.7 Å². The van der Waals surface area contributed by atoms with Crippen molar-refractivity contribution >= 4 is 17.6 Å². The maximum Gasteiger partial charge on any atom is 0.416 e. The number of rotatable bonds is 4. The molecule has 1 N–H and O–H groups in total. The highest BCUT2D eigenvalue weighted by atomic mass is 32.2. The minimum atomic E-state index is -4.51. The second-order valence-electron chi connectivity index (χ2n) is 6.48. The SMILES string of the molecule is CSc1nc(-c2ccc(-c3cc(C(F)(F)F)cc(N(C)C)n3)cc2)c(C#N)c(=O)[nH]1. The van der Waals surface area contributed by atoms with Gasteiger partial charge in [-0.05, 0) is 18.4 Å². The first kappa shape index (κ1) is 21.4. The molecule has 0 radical (unpaired) electrons. The van der Waals surface area contributed by atoms with Crippen LogP contribution in [0.3, 0.4) is 0 Å². The van der Waals surface area contributed by atoms with Gasteiger partial charge in [-0.25, -0.2) is 9.97 Å². The summed E-state index contributed by atoms with van der Waals surface area (Å²) in [6.07, 6.45) is -2.77. The summed E-state index contributed by atoms with van der Waals surface area (Å²) in [6.45, 7) is 0. The van der Waals surface area contributed by atoms with Crippen LogP contribution in [0.5, 0.6) is 0 Å². The number of aromatic amines is 1. The summed E-state index contributed by atoms with van der Waals surface area (Å²) in [5.74, 6) is 0.177. The van der Waals surface area contributed by atoms with Crippen molar-refractivity contribution < 1.29 is 13.2 Å². The Hall–Kier alpha value is -3.32. The topological polar surface area (TPSA) is 85.7 Å². The van der Waals surface area contributed by atoms with Crippen LogP contribution >= 0.6 is 11.8 Å². The van der Waals surface area contributed by atoms with Gasteiger partial charge in [0.05, 0.1) is 17.0 Å². The predicted molar refractivity (Wildman–Crippen MR) is 109 cm³/mol. The Morgan fingerprint density at radius 1 is 1.10 bits per heavy atom. The molecular weight excluding hydrogens is 415 g/mol. The van der Waals surface area contributed by atoms with Crippen LogP contribution in [-0.4, -0.2) is 35.3 Å². The van der Waals surface area contributed by atoms with E-state index >= 15 is 0 Å². The summed E-state index contributed by atoms with van der Waals surface area (Å²) in [6, 6.07) is 10.2. The van der Waals surface area contributed by atoms with Crippen molar-refractivity contribution in [3.8, 4) is 28.6 Å². The van der Waals surface area contributed by atoms with Crippen LogP contribution in [-0.2, 0) is 6.18 Å². The van der Waals surface area contributed by atoms with Gasteiger partial charge in [0.15, 0.2) is 5.16 Å². The van der Waals surface area contributed by atoms with Crippen LogP contribution in [0.1, 0.15) is 11.1 Å². The summed E-state index contributed by atoms with van der Waals surface area (Å²) in [4.78, 5) is 24.7. The summed E-state index contributed by atoms with van der Waals surface area (Å²) in [5.41, 5.74) is -0.156. The minimum Gasteiger partial charge on any atom is -0.363 e. The number of nitrogens with zero attached hydrogens (tertiary/aromatic N) is 4. The molecule has 0 unspecified atom stereocenters. The van der Waals surface area contributed by atoms with Crippen LogP contribution in [0.2, 0.25) is 0 Å². The molecule has 2 heterocycles. The zero-order valence-electron chi connectivity index (χ0n) is 16.2. The molecule has 0 saturated carbocycles. The fourth-order valence-electron chi connectivity index (χ4n) is 2.72. The molecule has 0 atom stereocenters. The Morgan fingerprint density at radius 2 is 1.73 bits per heavy atom. The number of nitrogens with one attached hydrogen (secondary N) is 1. The van der Waals surface area contributed by atoms with Gasteiger partial charge in [-0.2, -0.15) is 18.4 Å². The number of H-pyrrole nitrogens is 1. The molecule has 10 heteroatoms. The minimum absolute atomic E-state index is 0.132. The Balaban J connectivity index is 2.10. The van der Waals surface area contributed by atoms with Crippen LogP contribution in [0, 0.1) is 11.3 Å². The predicted octanol–water partition coefficient (Wildman–Crippen LogP) is 4.18. The van der Waals surface area contributed by atoms with Crippen molar-refractivity contribution in [1.82, 2.24) is 15.0 Å². The lowest BCUT2D eigenvalue weighted by Crippen LogP contribution is -2.14. The Kier molecular flexibility index (Phi) is 5.85. The number of benzene rings is 1. The number of aromatic nitrogens is 3. The molecule has 0 fully saturated rings. The maximum atomic E-state index is 13.3. The molecule has 2 aromatic heterocycles. The summed E-state index contributed by atoms with van der Waals surface area (Å²) in [5, 5.41) is 9.66. The van der Waals surface area contributed by atoms with Crippen molar-refractivity contribution in [2.24, 2.45) is 0 Å². The van der Waals surface area contributed by atoms with Crippen molar-refractivity contribution in [3.63, 3.8) is 0 Å². The smallest absolute Gasteiger partial charge is 0.363 e. The zero-order valence-corrected chi connectivity index (χ0v) is 17.0. The van der Waals surface area contributed by atoms with E-state index in [1.54, 1.807) is 44.6 Å². The third-order valence-electron chi connectivity index (χ3n) is 4.25. The summed E-state index contributed by atoms with van der Waals surface area (Å²) >= 11 is 1.22. The zero-order chi connectivity index (χ0) is 22.1. The van der Waals surface area contributed by atoms with Crippen LogP contribution in [0.4, 0.5) is 19.0 Å². The lowest BCUT2D eigenvalue weighted by molar-refractivity contribution is -0.137. The molecule has 0 aliphatic heterocycles. The van der Waals surface area contributed by atoms with Gasteiger partial charge in [0.25, 0.3) is 5.56 Å². The Morgan fingerprint density at radius 3 is 2.27 bits per heavy atom. The molecule has 154 valence electrons. The largest absolute Gasteiger partial charge is 0.416 e. The molecule has 1 aromatic carbocycles. The number of thioether (sulfide) groups is 1. The molecule has 6 nitrogen and oxygen atoms in total. The van der Waals surface area contributed by atoms with E-state index in [2.05, 4.69) is 15.0 Å². The first-order valence-corrected chi connectivity index (χ1v) is 9.82. The standard InChI is InChI=1S/C20H16F3N5OS/c1-28(2)16-9-13(20(21,22)23)8-15(25-16)11-4-6-12(7-5-11)17-14(10-24)18(29)27-19(26-17)30-3/h4-9H,1-3H3,(H,26,27,29). The van der Waals surface area contributed by atoms with Crippen molar-refractivity contribution in [2.45, 2.75) is 11.3 Å². The number of hydrogen-bond acceptors (Lipinski definition) is 6. The van der Waals surface area contributed by atoms with Gasteiger partial charge in [0.2, 0.25) is 0 Å². The fourth-order valence-corrected chi connectivity index (χ4v) is 3.09. The molecule has 3 rings (SSSR count). The van der Waals surface area contributed by atoms with E-state index in [0.29, 0.717) is 16.3 Å². The van der Waals surface area contributed by atoms with Gasteiger partial charge in [0.1, 0.15) is 17.5 Å². The average Bonchev–Trinajstić information content (AvgIpc) is 2.72. The maximum absolute atomic E-state index is 13.3. The summed E-state index contributed by atoms with van der Waals surface area (Å²) in [7, 11) is 3.22. The van der Waals surface area contributed by atoms with E-state index < -0.39 is 17.3 Å². The fraction of sp³-hybridized carbons (Fsp3) is 0.200. The van der Waals surface area contributed by atoms with E-state index in [9.17, 15) is 23.2 Å². The third kappa shape index (κ3) is 4.31. The molecule has 3 aromatic rings. The number of pyridine rings is 1. The quantitative estimate of drug-likeness (QED) is 0.493. The number of halogens is 3. The number of hydrogen-bond donors (Lipinski definition) is 1. The molecule has 30 heavy (non-hydrogen) atoms. The molecular formula is C20H16F3N5OS. The van der Waals surface area contributed by atoms with Gasteiger partial charge in [0, 0.05) is 25.2 Å². The lowest BCUT2D eigenvalue weighted by Gasteiger charge is -2.16. The Labute approximate surface area is 174 Å². The van der Waals surface area contributed by atoms with Crippen LogP contribution in [0.25, 0.3) is 22.5 Å². The highest BCUT2D eigenvalue weighted by molar-refractivity contribution is 7.98. The number of alkyl halides is 3. The average molecular weight is 431 g/mol. The van der Waals surface area contributed by atoms with Crippen molar-refractivity contribution in [3.05, 3.63) is 57.9 Å². The van der Waals surface area contributed by atoms with E-state index in [1.807, 2.05) is 6.07 Å². The Bertz CT molecular complexity index is 1180. The molecule has 0 saturated heterocycles. The highest BCUT2D eigenvalue weighted by Gasteiger charge is 2.32. The third-order valence-corrected chi connectivity index (χ3v) is 4.83. The lowest BCUT2D eigenvalue weighted by atomic mass is 10.0. The summed E-state index contributed by atoms with van der Waals surface area (Å²) < 4.78 is 39.9. The van der Waals surface area contributed by atoms with Gasteiger partial charge in [-0.15, -0.1) is 0 Å². The van der Waals surface area contributed by atoms with Crippen molar-refractivity contribution in [2.75, 3.05) is 25.3 Å². The first-order chi connectivity index (χ1) is 14.1. The normalized spacial score (nSPS) is 11.2. The van der Waals surface area contributed by atoms with Crippen molar-refractivity contribution in [1.29, 1.82) is 5.26 Å². The highest BCUT2D eigenvalue weighted by Crippen LogP contribution is 2.34. The van der Waals surface area contributed by atoms with Gasteiger partial charge in [-0.3, -0.25) is 4.79 Å². The molecule has 0 bridgehead atoms. The van der Waals surface area contributed by atoms with E-state index in [-0.39, 0.29) is 22.8 Å². The van der Waals surface area contributed by atoms with Crippen LogP contribution in [0.15, 0.2) is 46.3 Å². The number of anilines is 1. The number of nitriles is 1. The second-order valence-corrected chi connectivity index (χ2v) is 7.27. The van der Waals surface area contributed by atoms with E-state index in [0.717, 1.165) is 12.1 Å². The first-order valence-electron chi connectivity index (χ1n) is 8.60. The van der Waals surface area contributed by atoms with E-state index in [4.69, 9.17) is 0 Å². The second kappa shape index (κ2) is 8.20.